The molecule has 0 spiro atoms. The van der Waals surface area contributed by atoms with E-state index in [1.165, 1.54) is 0 Å². The average molecular weight is 395 g/mol. The number of nitrogens with one attached hydrogen (secondary N) is 1. The molecule has 0 bridgehead atoms. The minimum atomic E-state index is -0.127. The van der Waals surface area contributed by atoms with E-state index in [1.54, 1.807) is 17.0 Å². The molecule has 0 saturated carbocycles. The van der Waals surface area contributed by atoms with E-state index in [-0.39, 0.29) is 23.1 Å². The fourth-order valence-electron chi connectivity index (χ4n) is 3.20. The van der Waals surface area contributed by atoms with Gasteiger partial charge in [0.2, 0.25) is 0 Å². The first kappa shape index (κ1) is 21.5. The molecule has 27 heavy (non-hydrogen) atoms. The van der Waals surface area contributed by atoms with Crippen LogP contribution in [0.1, 0.15) is 62.0 Å². The fourth-order valence-corrected chi connectivity index (χ4v) is 3.47. The Morgan fingerprint density at radius 1 is 1.26 bits per heavy atom. The Labute approximate surface area is 167 Å². The molecule has 1 N–H and O–H groups in total. The summed E-state index contributed by atoms with van der Waals surface area (Å²) in [6, 6.07) is 3.46. The lowest BCUT2D eigenvalue weighted by Gasteiger charge is -2.25. The lowest BCUT2D eigenvalue weighted by molar-refractivity contribution is 0.0788. The Bertz CT molecular complexity index is 645. The lowest BCUT2D eigenvalue weighted by atomic mass is 10.2. The van der Waals surface area contributed by atoms with E-state index in [1.807, 2.05) is 11.8 Å². The van der Waals surface area contributed by atoms with Gasteiger partial charge in [0.15, 0.2) is 0 Å². The van der Waals surface area contributed by atoms with Gasteiger partial charge in [-0.05, 0) is 38.3 Å². The Balaban J connectivity index is 1.92. The van der Waals surface area contributed by atoms with Crippen molar-refractivity contribution in [1.82, 2.24) is 20.1 Å². The molecule has 1 aliphatic heterocycles. The number of unbranched alkanes of at least 4 members (excludes halogenated alkanes) is 2. The molecule has 1 aromatic heterocycles. The zero-order valence-electron chi connectivity index (χ0n) is 16.6. The molecule has 150 valence electrons. The molecule has 1 atom stereocenters. The number of hydrogen-bond donors (Lipinski definition) is 1. The van der Waals surface area contributed by atoms with Crippen LogP contribution in [0.3, 0.4) is 0 Å². The largest absolute Gasteiger partial charge is 0.336 e. The monoisotopic (exact) mass is 394 g/mol. The molecule has 3 amide bonds. The summed E-state index contributed by atoms with van der Waals surface area (Å²) in [6.45, 7) is 8.76. The second kappa shape index (κ2) is 10.5. The fraction of sp³-hybridized carbons (Fsp3) is 0.650. The van der Waals surface area contributed by atoms with Gasteiger partial charge < -0.3 is 15.1 Å². The predicted molar refractivity (Wildman–Crippen MR) is 108 cm³/mol. The van der Waals surface area contributed by atoms with Crippen molar-refractivity contribution in [3.05, 3.63) is 28.5 Å². The smallest absolute Gasteiger partial charge is 0.317 e. The molecule has 1 fully saturated rings. The molecule has 1 saturated heterocycles. The maximum atomic E-state index is 12.7. The molecule has 6 nitrogen and oxygen atoms in total. The topological polar surface area (TPSA) is 65.5 Å². The molecule has 2 rings (SSSR count). The van der Waals surface area contributed by atoms with Gasteiger partial charge in [-0.25, -0.2) is 9.78 Å². The lowest BCUT2D eigenvalue weighted by Crippen LogP contribution is -2.46. The normalized spacial score (nSPS) is 16.4. The highest BCUT2D eigenvalue weighted by Gasteiger charge is 2.30. The number of carbonyl (C=O) groups excluding carboxylic acids is 2. The number of aryl methyl sites for hydroxylation is 1. The van der Waals surface area contributed by atoms with Crippen LogP contribution in [0, 0.1) is 6.92 Å². The van der Waals surface area contributed by atoms with Gasteiger partial charge in [-0.1, -0.05) is 38.3 Å². The van der Waals surface area contributed by atoms with Crippen LogP contribution in [0.15, 0.2) is 12.1 Å². The first-order valence-corrected chi connectivity index (χ1v) is 10.3. The van der Waals surface area contributed by atoms with Crippen LogP contribution < -0.4 is 5.32 Å². The Kier molecular flexibility index (Phi) is 8.35. The predicted octanol–water partition coefficient (Wildman–Crippen LogP) is 3.87. The number of urea groups is 1. The molecular formula is C20H31ClN4O2. The molecule has 7 heteroatoms. The number of aromatic nitrogens is 1. The van der Waals surface area contributed by atoms with Gasteiger partial charge >= 0.3 is 6.03 Å². The molecule has 0 aromatic carbocycles. The van der Waals surface area contributed by atoms with Crippen LogP contribution in [-0.2, 0) is 0 Å². The number of pyridine rings is 1. The van der Waals surface area contributed by atoms with Gasteiger partial charge in [0.05, 0.1) is 5.56 Å². The third-order valence-electron chi connectivity index (χ3n) is 4.87. The van der Waals surface area contributed by atoms with Crippen LogP contribution in [0.25, 0.3) is 0 Å². The molecular weight excluding hydrogens is 364 g/mol. The SMILES string of the molecule is CCCCN(CCCC)C(=O)NC1CCN(C(=O)c2ccc(C)nc2Cl)C1. The van der Waals surface area contributed by atoms with E-state index < -0.39 is 0 Å². The van der Waals surface area contributed by atoms with Gasteiger partial charge in [-0.2, -0.15) is 0 Å². The average Bonchev–Trinajstić information content (AvgIpc) is 3.09. The standard InChI is InChI=1S/C20H31ClN4O2/c1-4-6-11-24(12-7-5-2)20(27)23-16-10-13-25(14-16)19(26)17-9-8-15(3)22-18(17)21/h8-9,16H,4-7,10-14H2,1-3H3,(H,23,27). The van der Waals surface area contributed by atoms with E-state index in [4.69, 9.17) is 11.6 Å². The quantitative estimate of drug-likeness (QED) is 0.680. The highest BCUT2D eigenvalue weighted by atomic mass is 35.5. The maximum absolute atomic E-state index is 12.7. The summed E-state index contributed by atoms with van der Waals surface area (Å²) in [4.78, 5) is 33.1. The second-order valence-electron chi connectivity index (χ2n) is 7.17. The first-order chi connectivity index (χ1) is 13.0. The molecule has 1 aliphatic rings. The van der Waals surface area contributed by atoms with Crippen LogP contribution in [0.2, 0.25) is 5.15 Å². The van der Waals surface area contributed by atoms with Crippen molar-refractivity contribution in [2.24, 2.45) is 0 Å². The van der Waals surface area contributed by atoms with E-state index in [0.29, 0.717) is 18.7 Å². The van der Waals surface area contributed by atoms with E-state index >= 15 is 0 Å². The van der Waals surface area contributed by atoms with Crippen molar-refractivity contribution < 1.29 is 9.59 Å². The van der Waals surface area contributed by atoms with Crippen LogP contribution in [0.4, 0.5) is 4.79 Å². The minimum Gasteiger partial charge on any atom is -0.336 e. The number of hydrogen-bond acceptors (Lipinski definition) is 3. The third kappa shape index (κ3) is 6.09. The summed E-state index contributed by atoms with van der Waals surface area (Å²) >= 11 is 6.13. The number of rotatable bonds is 8. The maximum Gasteiger partial charge on any atom is 0.317 e. The third-order valence-corrected chi connectivity index (χ3v) is 5.16. The van der Waals surface area contributed by atoms with E-state index in [2.05, 4.69) is 24.1 Å². The van der Waals surface area contributed by atoms with Crippen molar-refractivity contribution in [3.63, 3.8) is 0 Å². The van der Waals surface area contributed by atoms with E-state index in [9.17, 15) is 9.59 Å². The van der Waals surface area contributed by atoms with Crippen molar-refractivity contribution in [2.75, 3.05) is 26.2 Å². The Hall–Kier alpha value is -1.82. The molecule has 1 unspecified atom stereocenters. The van der Waals surface area contributed by atoms with Crippen molar-refractivity contribution in [3.8, 4) is 0 Å². The zero-order chi connectivity index (χ0) is 19.8. The highest BCUT2D eigenvalue weighted by Crippen LogP contribution is 2.19. The number of amides is 3. The van der Waals surface area contributed by atoms with Gasteiger partial charge in [0.1, 0.15) is 5.15 Å². The minimum absolute atomic E-state index is 0.0220. The molecule has 0 radical (unpaired) electrons. The van der Waals surface area contributed by atoms with Crippen molar-refractivity contribution in [1.29, 1.82) is 0 Å². The summed E-state index contributed by atoms with van der Waals surface area (Å²) in [5.41, 5.74) is 1.20. The van der Waals surface area contributed by atoms with Gasteiger partial charge in [-0.3, -0.25) is 4.79 Å². The summed E-state index contributed by atoms with van der Waals surface area (Å²) < 4.78 is 0. The number of likely N-dealkylation sites (tertiary alicyclic amines) is 1. The number of nitrogens with zero attached hydrogens (tertiary/aromatic N) is 3. The second-order valence-corrected chi connectivity index (χ2v) is 7.53. The summed E-state index contributed by atoms with van der Waals surface area (Å²) in [6.07, 6.45) is 4.89. The summed E-state index contributed by atoms with van der Waals surface area (Å²) in [7, 11) is 0. The summed E-state index contributed by atoms with van der Waals surface area (Å²) in [5.74, 6) is -0.127. The Morgan fingerprint density at radius 2 is 1.93 bits per heavy atom. The van der Waals surface area contributed by atoms with Crippen LogP contribution in [0.5, 0.6) is 0 Å². The van der Waals surface area contributed by atoms with Gasteiger partial charge in [0.25, 0.3) is 5.91 Å². The van der Waals surface area contributed by atoms with Crippen LogP contribution >= 0.6 is 11.6 Å². The summed E-state index contributed by atoms with van der Waals surface area (Å²) in [5, 5.41) is 3.34. The van der Waals surface area contributed by atoms with Crippen LogP contribution in [-0.4, -0.2) is 58.9 Å². The first-order valence-electron chi connectivity index (χ1n) is 9.94. The Morgan fingerprint density at radius 3 is 2.52 bits per heavy atom. The van der Waals surface area contributed by atoms with Crippen molar-refractivity contribution in [2.45, 2.75) is 58.9 Å². The number of carbonyl (C=O) groups is 2. The highest BCUT2D eigenvalue weighted by molar-refractivity contribution is 6.32. The van der Waals surface area contributed by atoms with E-state index in [0.717, 1.165) is 50.9 Å². The van der Waals surface area contributed by atoms with Gasteiger partial charge in [0, 0.05) is 37.9 Å². The molecule has 0 aliphatic carbocycles. The molecule has 1 aromatic rings. The molecule has 2 heterocycles. The van der Waals surface area contributed by atoms with Crippen molar-refractivity contribution >= 4 is 23.5 Å². The number of halogens is 1. The van der Waals surface area contributed by atoms with Gasteiger partial charge in [-0.15, -0.1) is 0 Å². The zero-order valence-corrected chi connectivity index (χ0v) is 17.4.